The summed E-state index contributed by atoms with van der Waals surface area (Å²) < 4.78 is 12.8. The summed E-state index contributed by atoms with van der Waals surface area (Å²) in [6.07, 6.45) is 0. The Morgan fingerprint density at radius 1 is 1.44 bits per heavy atom. The monoisotopic (exact) mass is 225 g/mol. The van der Waals surface area contributed by atoms with Crippen LogP contribution in [-0.2, 0) is 0 Å². The van der Waals surface area contributed by atoms with Gasteiger partial charge in [-0.2, -0.15) is 0 Å². The second kappa shape index (κ2) is 5.22. The highest BCUT2D eigenvalue weighted by Crippen LogP contribution is 2.06. The van der Waals surface area contributed by atoms with Crippen LogP contribution >= 0.6 is 0 Å². The second-order valence-corrected chi connectivity index (χ2v) is 3.21. The molecule has 0 bridgehead atoms. The van der Waals surface area contributed by atoms with Crippen LogP contribution in [0.15, 0.2) is 24.3 Å². The molecular weight excluding hydrogens is 213 g/mol. The van der Waals surface area contributed by atoms with E-state index in [0.29, 0.717) is 0 Å². The third-order valence-electron chi connectivity index (χ3n) is 1.98. The van der Waals surface area contributed by atoms with E-state index in [0.717, 1.165) is 6.07 Å². The largest absolute Gasteiger partial charge is 0.329 e. The molecule has 5 nitrogen and oxygen atoms in total. The minimum absolute atomic E-state index is 0.199. The molecule has 0 aliphatic heterocycles. The molecule has 0 aliphatic rings. The van der Waals surface area contributed by atoms with Crippen molar-refractivity contribution >= 4 is 11.8 Å². The number of ketones is 1. The van der Waals surface area contributed by atoms with Crippen molar-refractivity contribution in [2.75, 3.05) is 0 Å². The van der Waals surface area contributed by atoms with Gasteiger partial charge in [-0.1, -0.05) is 12.1 Å². The number of hydrogen-bond donors (Lipinski definition) is 3. The van der Waals surface area contributed by atoms with Crippen LogP contribution in [0.3, 0.4) is 0 Å². The molecule has 0 heterocycles. The van der Waals surface area contributed by atoms with E-state index in [2.05, 4.69) is 5.32 Å². The predicted octanol–water partition coefficient (Wildman–Crippen LogP) is 0.570. The molecule has 0 saturated heterocycles. The number of Topliss-reactive ketones (excluding diaryl/α,β-unsaturated/α-hetero) is 1. The topological polar surface area (TPSA) is 84.2 Å². The van der Waals surface area contributed by atoms with E-state index < -0.39 is 17.9 Å². The van der Waals surface area contributed by atoms with Crippen molar-refractivity contribution in [2.45, 2.75) is 13.0 Å². The van der Waals surface area contributed by atoms with Gasteiger partial charge in [0.25, 0.3) is 0 Å². The number of hydrogen-bond acceptors (Lipinski definition) is 3. The fourth-order valence-corrected chi connectivity index (χ4v) is 1.20. The fourth-order valence-electron chi connectivity index (χ4n) is 1.20. The molecule has 0 aromatic heterocycles. The Hall–Kier alpha value is -1.95. The first-order chi connectivity index (χ1) is 7.54. The lowest BCUT2D eigenvalue weighted by atomic mass is 10.1. The van der Waals surface area contributed by atoms with Crippen LogP contribution in [0.4, 0.5) is 9.18 Å². The molecule has 6 heteroatoms. The zero-order valence-corrected chi connectivity index (χ0v) is 8.66. The summed E-state index contributed by atoms with van der Waals surface area (Å²) in [5, 5.41) is 2.30. The number of amides is 2. The zero-order chi connectivity index (χ0) is 12.1. The minimum atomic E-state index is -0.773. The van der Waals surface area contributed by atoms with Gasteiger partial charge in [0.1, 0.15) is 5.82 Å². The van der Waals surface area contributed by atoms with Crippen LogP contribution < -0.4 is 16.6 Å². The van der Waals surface area contributed by atoms with E-state index in [1.54, 1.807) is 0 Å². The summed E-state index contributed by atoms with van der Waals surface area (Å²) in [7, 11) is 0. The molecule has 1 rings (SSSR count). The molecule has 0 fully saturated rings. The molecule has 0 radical (unpaired) electrons. The molecule has 16 heavy (non-hydrogen) atoms. The number of nitrogens with one attached hydrogen (secondary N) is 2. The molecule has 2 amide bonds. The van der Waals surface area contributed by atoms with E-state index in [9.17, 15) is 14.0 Å². The standard InChI is InChI=1S/C10H12FN3O2/c1-6(13-10(16)14-12)9(15)7-3-2-4-8(11)5-7/h2-6H,12H2,1H3,(H2,13,14,16). The summed E-state index contributed by atoms with van der Waals surface area (Å²) in [5.74, 6) is 3.97. The van der Waals surface area contributed by atoms with Gasteiger partial charge in [0.15, 0.2) is 5.78 Å². The number of carbonyl (C=O) groups excluding carboxylic acids is 2. The van der Waals surface area contributed by atoms with Gasteiger partial charge in [-0.3, -0.25) is 10.2 Å². The average molecular weight is 225 g/mol. The third-order valence-corrected chi connectivity index (χ3v) is 1.98. The number of carbonyl (C=O) groups is 2. The molecule has 0 spiro atoms. The van der Waals surface area contributed by atoms with E-state index in [-0.39, 0.29) is 11.3 Å². The molecular formula is C10H12FN3O2. The zero-order valence-electron chi connectivity index (χ0n) is 8.66. The summed E-state index contributed by atoms with van der Waals surface area (Å²) >= 11 is 0. The van der Waals surface area contributed by atoms with Crippen LogP contribution in [0.5, 0.6) is 0 Å². The van der Waals surface area contributed by atoms with Crippen LogP contribution in [0.25, 0.3) is 0 Å². The maximum absolute atomic E-state index is 12.8. The number of halogens is 1. The molecule has 86 valence electrons. The fraction of sp³-hybridized carbons (Fsp3) is 0.200. The van der Waals surface area contributed by atoms with Crippen LogP contribution in [0, 0.1) is 5.82 Å². The first-order valence-electron chi connectivity index (χ1n) is 4.61. The number of rotatable bonds is 3. The van der Waals surface area contributed by atoms with Gasteiger partial charge in [0, 0.05) is 5.56 Å². The van der Waals surface area contributed by atoms with Crippen molar-refractivity contribution in [2.24, 2.45) is 5.84 Å². The molecule has 1 unspecified atom stereocenters. The van der Waals surface area contributed by atoms with Crippen molar-refractivity contribution in [3.63, 3.8) is 0 Å². The Morgan fingerprint density at radius 2 is 2.12 bits per heavy atom. The Morgan fingerprint density at radius 3 is 2.69 bits per heavy atom. The number of nitrogens with two attached hydrogens (primary N) is 1. The Bertz CT molecular complexity index is 409. The summed E-state index contributed by atoms with van der Waals surface area (Å²) in [6.45, 7) is 1.49. The van der Waals surface area contributed by atoms with Gasteiger partial charge >= 0.3 is 6.03 Å². The molecule has 4 N–H and O–H groups in total. The first-order valence-corrected chi connectivity index (χ1v) is 4.61. The SMILES string of the molecule is CC(NC(=O)NN)C(=O)c1cccc(F)c1. The Labute approximate surface area is 91.8 Å². The number of urea groups is 1. The number of hydrazine groups is 1. The highest BCUT2D eigenvalue weighted by molar-refractivity contribution is 6.01. The van der Waals surface area contributed by atoms with Crippen LogP contribution in [0.1, 0.15) is 17.3 Å². The quantitative estimate of drug-likeness (QED) is 0.304. The molecule has 1 aromatic rings. The van der Waals surface area contributed by atoms with Crippen molar-refractivity contribution in [3.8, 4) is 0 Å². The molecule has 1 aromatic carbocycles. The van der Waals surface area contributed by atoms with Gasteiger partial charge in [0.2, 0.25) is 0 Å². The van der Waals surface area contributed by atoms with Crippen molar-refractivity contribution in [3.05, 3.63) is 35.6 Å². The van der Waals surface area contributed by atoms with Gasteiger partial charge in [-0.25, -0.2) is 15.0 Å². The third kappa shape index (κ3) is 3.03. The highest BCUT2D eigenvalue weighted by atomic mass is 19.1. The highest BCUT2D eigenvalue weighted by Gasteiger charge is 2.17. The molecule has 0 saturated carbocycles. The second-order valence-electron chi connectivity index (χ2n) is 3.21. The summed E-state index contributed by atoms with van der Waals surface area (Å²) in [4.78, 5) is 22.5. The summed E-state index contributed by atoms with van der Waals surface area (Å²) in [6, 6.07) is 3.81. The van der Waals surface area contributed by atoms with E-state index in [4.69, 9.17) is 5.84 Å². The molecule has 0 aliphatic carbocycles. The van der Waals surface area contributed by atoms with Gasteiger partial charge in [-0.15, -0.1) is 0 Å². The van der Waals surface area contributed by atoms with Crippen molar-refractivity contribution in [1.29, 1.82) is 0 Å². The van der Waals surface area contributed by atoms with Crippen LogP contribution in [0.2, 0.25) is 0 Å². The predicted molar refractivity (Wildman–Crippen MR) is 56.0 cm³/mol. The maximum atomic E-state index is 12.8. The van der Waals surface area contributed by atoms with Gasteiger partial charge < -0.3 is 5.32 Å². The minimum Gasteiger partial charge on any atom is -0.327 e. The first kappa shape index (κ1) is 12.1. The lowest BCUT2D eigenvalue weighted by molar-refractivity contribution is 0.0953. The maximum Gasteiger partial charge on any atom is 0.329 e. The number of benzene rings is 1. The Kier molecular flexibility index (Phi) is 3.96. The van der Waals surface area contributed by atoms with Gasteiger partial charge in [0.05, 0.1) is 6.04 Å². The average Bonchev–Trinajstić information content (AvgIpc) is 2.27. The molecule has 1 atom stereocenters. The van der Waals surface area contributed by atoms with Crippen LogP contribution in [-0.4, -0.2) is 17.9 Å². The normalized spacial score (nSPS) is 11.7. The lowest BCUT2D eigenvalue weighted by Gasteiger charge is -2.12. The Balaban J connectivity index is 2.74. The van der Waals surface area contributed by atoms with E-state index >= 15 is 0 Å². The summed E-state index contributed by atoms with van der Waals surface area (Å²) in [5.41, 5.74) is 2.04. The van der Waals surface area contributed by atoms with Gasteiger partial charge in [-0.05, 0) is 19.1 Å². The lowest BCUT2D eigenvalue weighted by Crippen LogP contribution is -2.46. The smallest absolute Gasteiger partial charge is 0.327 e. The van der Waals surface area contributed by atoms with E-state index in [1.165, 1.54) is 25.1 Å². The van der Waals surface area contributed by atoms with Crippen molar-refractivity contribution < 1.29 is 14.0 Å². The van der Waals surface area contributed by atoms with E-state index in [1.807, 2.05) is 5.43 Å². The van der Waals surface area contributed by atoms with Crippen molar-refractivity contribution in [1.82, 2.24) is 10.7 Å².